The zero-order valence-corrected chi connectivity index (χ0v) is 11.6. The highest BCUT2D eigenvalue weighted by Crippen LogP contribution is 2.20. The fourth-order valence-corrected chi connectivity index (χ4v) is 2.09. The zero-order chi connectivity index (χ0) is 13.0. The van der Waals surface area contributed by atoms with Gasteiger partial charge in [0.15, 0.2) is 0 Å². The number of benzene rings is 1. The van der Waals surface area contributed by atoms with Crippen molar-refractivity contribution in [2.24, 2.45) is 5.92 Å². The molecule has 2 N–H and O–H groups in total. The highest BCUT2D eigenvalue weighted by atomic mass is 16.3. The van der Waals surface area contributed by atoms with Gasteiger partial charge in [0.2, 0.25) is 0 Å². The first-order valence-corrected chi connectivity index (χ1v) is 6.39. The Morgan fingerprint density at radius 3 is 2.35 bits per heavy atom. The van der Waals surface area contributed by atoms with Crippen molar-refractivity contribution in [3.8, 4) is 0 Å². The highest BCUT2D eigenvalue weighted by Gasteiger charge is 2.16. The first kappa shape index (κ1) is 14.2. The van der Waals surface area contributed by atoms with Crippen LogP contribution in [0.2, 0.25) is 0 Å². The number of rotatable bonds is 5. The van der Waals surface area contributed by atoms with Gasteiger partial charge in [0.05, 0.1) is 6.61 Å². The van der Waals surface area contributed by atoms with E-state index in [4.69, 9.17) is 0 Å². The predicted octanol–water partition coefficient (Wildman–Crippen LogP) is 2.97. The molecule has 0 aliphatic heterocycles. The number of aliphatic hydroxyl groups excluding tert-OH is 1. The van der Waals surface area contributed by atoms with Gasteiger partial charge >= 0.3 is 0 Å². The van der Waals surface area contributed by atoms with E-state index < -0.39 is 0 Å². The van der Waals surface area contributed by atoms with Crippen LogP contribution in [-0.2, 0) is 0 Å². The van der Waals surface area contributed by atoms with Gasteiger partial charge in [-0.05, 0) is 37.8 Å². The molecule has 1 aromatic rings. The molecule has 1 aromatic carbocycles. The molecule has 0 aliphatic carbocycles. The van der Waals surface area contributed by atoms with Crippen LogP contribution in [-0.4, -0.2) is 17.8 Å². The van der Waals surface area contributed by atoms with Gasteiger partial charge < -0.3 is 10.4 Å². The van der Waals surface area contributed by atoms with Gasteiger partial charge in [0.25, 0.3) is 0 Å². The summed E-state index contributed by atoms with van der Waals surface area (Å²) in [6.07, 6.45) is 0. The molecule has 0 aromatic heterocycles. The van der Waals surface area contributed by atoms with Gasteiger partial charge in [0, 0.05) is 12.1 Å². The summed E-state index contributed by atoms with van der Waals surface area (Å²) in [5, 5.41) is 12.9. The molecule has 0 radical (unpaired) electrons. The number of aryl methyl sites for hydroxylation is 2. The summed E-state index contributed by atoms with van der Waals surface area (Å²) in [6.45, 7) is 10.9. The third kappa shape index (κ3) is 3.83. The first-order chi connectivity index (χ1) is 7.95. The van der Waals surface area contributed by atoms with E-state index in [0.29, 0.717) is 5.92 Å². The third-order valence-electron chi connectivity index (χ3n) is 3.37. The van der Waals surface area contributed by atoms with E-state index in [1.807, 2.05) is 0 Å². The van der Waals surface area contributed by atoms with Crippen LogP contribution < -0.4 is 5.32 Å². The second kappa shape index (κ2) is 6.18. The lowest BCUT2D eigenvalue weighted by atomic mass is 9.97. The van der Waals surface area contributed by atoms with Crippen molar-refractivity contribution in [1.82, 2.24) is 5.32 Å². The molecule has 0 saturated heterocycles. The Hall–Kier alpha value is -0.860. The lowest BCUT2D eigenvalue weighted by molar-refractivity contribution is 0.201. The Bertz CT molecular complexity index is 360. The van der Waals surface area contributed by atoms with Gasteiger partial charge in [0.1, 0.15) is 0 Å². The number of hydrogen-bond donors (Lipinski definition) is 2. The fraction of sp³-hybridized carbons (Fsp3) is 0.600. The molecule has 1 rings (SSSR count). The first-order valence-electron chi connectivity index (χ1n) is 6.39. The van der Waals surface area contributed by atoms with Crippen LogP contribution in [0.3, 0.4) is 0 Å². The Kier molecular flexibility index (Phi) is 5.16. The highest BCUT2D eigenvalue weighted by molar-refractivity contribution is 5.32. The minimum absolute atomic E-state index is 0.157. The maximum atomic E-state index is 9.35. The van der Waals surface area contributed by atoms with E-state index in [2.05, 4.69) is 58.1 Å². The standard InChI is InChI=1S/C15H25NO/c1-10(2)15(9-17)16-13(5)14-8-11(3)6-7-12(14)4/h6-8,10,13,15-17H,9H2,1-5H3/t13?,15-/m1/s1. The van der Waals surface area contributed by atoms with E-state index in [-0.39, 0.29) is 18.7 Å². The van der Waals surface area contributed by atoms with Crippen molar-refractivity contribution >= 4 is 0 Å². The summed E-state index contributed by atoms with van der Waals surface area (Å²) < 4.78 is 0. The van der Waals surface area contributed by atoms with Crippen molar-refractivity contribution in [3.05, 3.63) is 34.9 Å². The summed E-state index contributed by atoms with van der Waals surface area (Å²) in [7, 11) is 0. The van der Waals surface area contributed by atoms with Gasteiger partial charge in [-0.3, -0.25) is 0 Å². The molecular formula is C15H25NO. The third-order valence-corrected chi connectivity index (χ3v) is 3.37. The smallest absolute Gasteiger partial charge is 0.0587 e. The molecule has 96 valence electrons. The molecule has 2 nitrogen and oxygen atoms in total. The molecule has 2 atom stereocenters. The number of nitrogens with one attached hydrogen (secondary N) is 1. The van der Waals surface area contributed by atoms with E-state index >= 15 is 0 Å². The largest absolute Gasteiger partial charge is 0.395 e. The Morgan fingerprint density at radius 1 is 1.18 bits per heavy atom. The van der Waals surface area contributed by atoms with E-state index in [9.17, 15) is 5.11 Å². The van der Waals surface area contributed by atoms with Gasteiger partial charge in [-0.1, -0.05) is 37.6 Å². The molecular weight excluding hydrogens is 210 g/mol. The normalized spacial score (nSPS) is 15.0. The minimum atomic E-state index is 0.157. The van der Waals surface area contributed by atoms with Crippen LogP contribution in [0.4, 0.5) is 0 Å². The van der Waals surface area contributed by atoms with Crippen molar-refractivity contribution in [2.45, 2.75) is 46.7 Å². The van der Waals surface area contributed by atoms with Crippen LogP contribution in [0.1, 0.15) is 43.5 Å². The Labute approximate surface area is 105 Å². The van der Waals surface area contributed by atoms with Crippen molar-refractivity contribution in [2.75, 3.05) is 6.61 Å². The molecule has 0 amide bonds. The van der Waals surface area contributed by atoms with Crippen molar-refractivity contribution in [3.63, 3.8) is 0 Å². The number of aliphatic hydroxyl groups is 1. The molecule has 17 heavy (non-hydrogen) atoms. The predicted molar refractivity (Wildman–Crippen MR) is 73.2 cm³/mol. The monoisotopic (exact) mass is 235 g/mol. The molecule has 0 fully saturated rings. The minimum Gasteiger partial charge on any atom is -0.395 e. The van der Waals surface area contributed by atoms with E-state index in [0.717, 1.165) is 0 Å². The molecule has 0 bridgehead atoms. The lowest BCUT2D eigenvalue weighted by Crippen LogP contribution is -2.38. The van der Waals surface area contributed by atoms with Crippen LogP contribution >= 0.6 is 0 Å². The number of hydrogen-bond acceptors (Lipinski definition) is 2. The van der Waals surface area contributed by atoms with E-state index in [1.54, 1.807) is 0 Å². The SMILES string of the molecule is Cc1ccc(C)c(C(C)N[C@H](CO)C(C)C)c1. The van der Waals surface area contributed by atoms with Crippen LogP contribution in [0.25, 0.3) is 0 Å². The topological polar surface area (TPSA) is 32.3 Å². The zero-order valence-electron chi connectivity index (χ0n) is 11.6. The van der Waals surface area contributed by atoms with Crippen LogP contribution in [0.5, 0.6) is 0 Å². The van der Waals surface area contributed by atoms with Gasteiger partial charge in [-0.15, -0.1) is 0 Å². The second-order valence-electron chi connectivity index (χ2n) is 5.28. The van der Waals surface area contributed by atoms with E-state index in [1.165, 1.54) is 16.7 Å². The fourth-order valence-electron chi connectivity index (χ4n) is 2.09. The van der Waals surface area contributed by atoms with Crippen molar-refractivity contribution < 1.29 is 5.11 Å². The van der Waals surface area contributed by atoms with Crippen LogP contribution in [0, 0.1) is 19.8 Å². The average molecular weight is 235 g/mol. The Morgan fingerprint density at radius 2 is 1.82 bits per heavy atom. The van der Waals surface area contributed by atoms with Gasteiger partial charge in [-0.25, -0.2) is 0 Å². The summed E-state index contributed by atoms with van der Waals surface area (Å²) in [5.74, 6) is 0.438. The summed E-state index contributed by atoms with van der Waals surface area (Å²) in [6, 6.07) is 6.95. The maximum Gasteiger partial charge on any atom is 0.0587 e. The molecule has 0 aliphatic rings. The Balaban J connectivity index is 2.81. The lowest BCUT2D eigenvalue weighted by Gasteiger charge is -2.26. The van der Waals surface area contributed by atoms with Crippen molar-refractivity contribution in [1.29, 1.82) is 0 Å². The van der Waals surface area contributed by atoms with Gasteiger partial charge in [-0.2, -0.15) is 0 Å². The second-order valence-corrected chi connectivity index (χ2v) is 5.28. The molecule has 2 heteroatoms. The molecule has 0 spiro atoms. The molecule has 1 unspecified atom stereocenters. The molecule has 0 saturated carbocycles. The molecule has 0 heterocycles. The summed E-state index contributed by atoms with van der Waals surface area (Å²) >= 11 is 0. The summed E-state index contributed by atoms with van der Waals surface area (Å²) in [4.78, 5) is 0. The quantitative estimate of drug-likeness (QED) is 0.822. The van der Waals surface area contributed by atoms with Crippen LogP contribution in [0.15, 0.2) is 18.2 Å². The summed E-state index contributed by atoms with van der Waals surface area (Å²) in [5.41, 5.74) is 3.91. The maximum absolute atomic E-state index is 9.35. The average Bonchev–Trinajstić information content (AvgIpc) is 2.28.